The van der Waals surface area contributed by atoms with Gasteiger partial charge in [-0.3, -0.25) is 4.79 Å². The van der Waals surface area contributed by atoms with Gasteiger partial charge in [0.15, 0.2) is 6.10 Å². The van der Waals surface area contributed by atoms with Gasteiger partial charge in [-0.1, -0.05) is 34.6 Å². The normalized spacial score (nSPS) is 27.1. The minimum Gasteiger partial charge on any atom is -0.479 e. The van der Waals surface area contributed by atoms with Crippen molar-refractivity contribution in [2.75, 3.05) is 6.61 Å². The van der Waals surface area contributed by atoms with Crippen LogP contribution in [0, 0.1) is 5.41 Å². The van der Waals surface area contributed by atoms with Crippen molar-refractivity contribution in [3.63, 3.8) is 0 Å². The van der Waals surface area contributed by atoms with E-state index >= 15 is 0 Å². The lowest BCUT2D eigenvalue weighted by molar-refractivity contribution is -0.324. The molecule has 8 atom stereocenters. The number of carboxylic acid groups (broad SMARTS) is 1. The van der Waals surface area contributed by atoms with Crippen LogP contribution >= 0.6 is 0 Å². The van der Waals surface area contributed by atoms with Gasteiger partial charge in [0.25, 0.3) is 0 Å². The van der Waals surface area contributed by atoms with E-state index in [1.54, 1.807) is 0 Å². The van der Waals surface area contributed by atoms with E-state index < -0.39 is 84.7 Å². The molecule has 38 heavy (non-hydrogen) atoms. The first-order chi connectivity index (χ1) is 17.6. The summed E-state index contributed by atoms with van der Waals surface area (Å²) in [5, 5.41) is 53.7. The molecule has 6 N–H and O–H groups in total. The Balaban J connectivity index is 3.41. The number of rotatable bonds is 16. The number of hydrogen-bond acceptors (Lipinski definition) is 10. The number of aliphatic carboxylic acids is 1. The second kappa shape index (κ2) is 14.8. The average Bonchev–Trinajstić information content (AvgIpc) is 2.86. The number of aliphatic hydroxyl groups is 4. The molecule has 0 spiro atoms. The van der Waals surface area contributed by atoms with E-state index in [-0.39, 0.29) is 0 Å². The van der Waals surface area contributed by atoms with E-state index in [9.17, 15) is 35.1 Å². The van der Waals surface area contributed by atoms with Gasteiger partial charge in [0.05, 0.1) is 30.5 Å². The number of carboxylic acids is 1. The van der Waals surface area contributed by atoms with Crippen LogP contribution in [0.25, 0.3) is 0 Å². The minimum atomic E-state index is -2.31. The summed E-state index contributed by atoms with van der Waals surface area (Å²) in [4.78, 5) is 24.3. The van der Waals surface area contributed by atoms with Crippen LogP contribution in [0.4, 0.5) is 0 Å². The Hall–Kier alpha value is -1.38. The minimum absolute atomic E-state index is 0.452. The van der Waals surface area contributed by atoms with Crippen molar-refractivity contribution < 1.29 is 54.1 Å². The van der Waals surface area contributed by atoms with Crippen LogP contribution in [0.1, 0.15) is 81.1 Å². The van der Waals surface area contributed by atoms with Gasteiger partial charge in [0.2, 0.25) is 18.5 Å². The zero-order valence-corrected chi connectivity index (χ0v) is 23.9. The Morgan fingerprint density at radius 1 is 1.05 bits per heavy atom. The van der Waals surface area contributed by atoms with E-state index in [1.807, 2.05) is 41.5 Å². The predicted molar refractivity (Wildman–Crippen MR) is 137 cm³/mol. The van der Waals surface area contributed by atoms with Gasteiger partial charge in [-0.05, 0) is 44.9 Å². The Morgan fingerprint density at radius 2 is 1.61 bits per heavy atom. The molecule has 8 unspecified atom stereocenters. The monoisotopic (exact) mass is 551 g/mol. The Bertz CT molecular complexity index is 741. The molecule has 224 valence electrons. The number of hydrogen-bond donors (Lipinski definition) is 6. The number of carbonyl (C=O) groups is 2. The number of carbonyl (C=O) groups excluding carboxylic acids is 1. The number of ether oxygens (including phenoxy) is 4. The molecule has 1 rings (SSSR count). The molecule has 0 aromatic carbocycles. The average molecular weight is 552 g/mol. The summed E-state index contributed by atoms with van der Waals surface area (Å²) in [6.07, 6.45) is -9.18. The summed E-state index contributed by atoms with van der Waals surface area (Å²) in [7, 11) is 0. The molecule has 1 aliphatic heterocycles. The first-order valence-electron chi connectivity index (χ1n) is 13.4. The zero-order chi connectivity index (χ0) is 29.4. The number of aliphatic hydroxyl groups excluding tert-OH is 3. The van der Waals surface area contributed by atoms with E-state index in [2.05, 4.69) is 5.32 Å². The molecule has 0 aromatic rings. The summed E-state index contributed by atoms with van der Waals surface area (Å²) in [5.74, 6) is -1.87. The fraction of sp³-hybridized carbons (Fsp3) is 0.923. The lowest BCUT2D eigenvalue weighted by Crippen LogP contribution is -2.68. The van der Waals surface area contributed by atoms with Crippen molar-refractivity contribution >= 4 is 11.9 Å². The topological polar surface area (TPSA) is 184 Å². The fourth-order valence-corrected chi connectivity index (χ4v) is 4.68. The van der Waals surface area contributed by atoms with Gasteiger partial charge in [-0.25, -0.2) is 4.79 Å². The quantitative estimate of drug-likeness (QED) is 0.150. The molecule has 12 heteroatoms. The lowest BCUT2D eigenvalue weighted by Gasteiger charge is -2.51. The fourth-order valence-electron chi connectivity index (χ4n) is 4.68. The highest BCUT2D eigenvalue weighted by atomic mass is 16.7. The van der Waals surface area contributed by atoms with Crippen molar-refractivity contribution in [3.8, 4) is 0 Å². The smallest absolute Gasteiger partial charge is 0.335 e. The molecule has 1 amide bonds. The molecule has 1 fully saturated rings. The van der Waals surface area contributed by atoms with Crippen LogP contribution in [0.3, 0.4) is 0 Å². The van der Waals surface area contributed by atoms with Crippen molar-refractivity contribution in [2.45, 2.75) is 142 Å². The molecule has 1 aliphatic rings. The van der Waals surface area contributed by atoms with Crippen LogP contribution in [-0.2, 0) is 28.5 Å². The Labute approximate surface area is 225 Å². The van der Waals surface area contributed by atoms with Gasteiger partial charge >= 0.3 is 5.97 Å². The highest BCUT2D eigenvalue weighted by Crippen LogP contribution is 2.40. The van der Waals surface area contributed by atoms with E-state index in [0.717, 1.165) is 0 Å². The standard InChI is InChI=1S/C26H49NO11/c1-9-25(7,10-2)21-17(27-15(6)29)20(18(30)16(13-28)35-21)37-24(23(33)34)36-19(22(31)32)14(5)38-26(8,11-3)12-4/h14,16-21,23-24,28,30,33-34H,9-13H2,1-8H3,(H,27,29)(H,31,32). The van der Waals surface area contributed by atoms with Crippen molar-refractivity contribution in [3.05, 3.63) is 0 Å². The third kappa shape index (κ3) is 8.56. The highest BCUT2D eigenvalue weighted by Gasteiger charge is 2.53. The maximum absolute atomic E-state index is 12.2. The molecule has 1 saturated heterocycles. The Kier molecular flexibility index (Phi) is 13.5. The van der Waals surface area contributed by atoms with Gasteiger partial charge in [0, 0.05) is 6.92 Å². The molecule has 0 aliphatic carbocycles. The second-order valence-electron chi connectivity index (χ2n) is 10.6. The SMILES string of the molecule is CCC(C)(CC)OC(C)C(OC(OC1C(O)C(CO)OC(C(C)(CC)CC)C1NC(C)=O)C(O)O)C(=O)O. The van der Waals surface area contributed by atoms with E-state index in [4.69, 9.17) is 18.9 Å². The number of amides is 1. The van der Waals surface area contributed by atoms with Crippen LogP contribution in [0.5, 0.6) is 0 Å². The van der Waals surface area contributed by atoms with Crippen molar-refractivity contribution in [1.82, 2.24) is 5.32 Å². The molecular weight excluding hydrogens is 502 g/mol. The van der Waals surface area contributed by atoms with Crippen molar-refractivity contribution in [2.24, 2.45) is 5.41 Å². The highest BCUT2D eigenvalue weighted by molar-refractivity contribution is 5.73. The summed E-state index contributed by atoms with van der Waals surface area (Å²) in [5.41, 5.74) is -1.16. The summed E-state index contributed by atoms with van der Waals surface area (Å²) < 4.78 is 23.4. The molecule has 0 aromatic heterocycles. The largest absolute Gasteiger partial charge is 0.479 e. The third-order valence-electron chi connectivity index (χ3n) is 8.02. The van der Waals surface area contributed by atoms with E-state index in [0.29, 0.717) is 25.7 Å². The molecule has 0 bridgehead atoms. The first kappa shape index (κ1) is 34.6. The van der Waals surface area contributed by atoms with E-state index in [1.165, 1.54) is 13.8 Å². The van der Waals surface area contributed by atoms with Crippen LogP contribution < -0.4 is 5.32 Å². The summed E-state index contributed by atoms with van der Waals surface area (Å²) >= 11 is 0. The Morgan fingerprint density at radius 3 is 2.00 bits per heavy atom. The predicted octanol–water partition coefficient (Wildman–Crippen LogP) is 0.914. The van der Waals surface area contributed by atoms with Crippen molar-refractivity contribution in [1.29, 1.82) is 0 Å². The molecule has 0 saturated carbocycles. The lowest BCUT2D eigenvalue weighted by atomic mass is 9.72. The number of nitrogens with one attached hydrogen (secondary N) is 1. The molecule has 1 heterocycles. The van der Waals surface area contributed by atoms with Crippen LogP contribution in [0.2, 0.25) is 0 Å². The summed E-state index contributed by atoms with van der Waals surface area (Å²) in [6.45, 7) is 13.7. The van der Waals surface area contributed by atoms with Gasteiger partial charge in [0.1, 0.15) is 18.3 Å². The maximum Gasteiger partial charge on any atom is 0.335 e. The third-order valence-corrected chi connectivity index (χ3v) is 8.02. The second-order valence-corrected chi connectivity index (χ2v) is 10.6. The first-order valence-corrected chi connectivity index (χ1v) is 13.4. The molecule has 0 radical (unpaired) electrons. The maximum atomic E-state index is 12.2. The van der Waals surface area contributed by atoms with Crippen LogP contribution in [0.15, 0.2) is 0 Å². The van der Waals surface area contributed by atoms with Gasteiger partial charge < -0.3 is 49.8 Å². The molecule has 12 nitrogen and oxygen atoms in total. The zero-order valence-electron chi connectivity index (χ0n) is 23.9. The van der Waals surface area contributed by atoms with Gasteiger partial charge in [-0.2, -0.15) is 0 Å². The molecular formula is C26H49NO11. The van der Waals surface area contributed by atoms with Crippen LogP contribution in [-0.4, -0.2) is 105 Å². The van der Waals surface area contributed by atoms with Gasteiger partial charge in [-0.15, -0.1) is 0 Å². The summed E-state index contributed by atoms with van der Waals surface area (Å²) in [6, 6.07) is -0.986.